The number of imidazole rings is 1. The zero-order valence-electron chi connectivity index (χ0n) is 10.0. The van der Waals surface area contributed by atoms with Crippen molar-refractivity contribution in [2.45, 2.75) is 19.4 Å². The number of hydrogen-bond donors (Lipinski definition) is 1. The highest BCUT2D eigenvalue weighted by atomic mass is 16.5. The van der Waals surface area contributed by atoms with E-state index in [-0.39, 0.29) is 6.10 Å². The fourth-order valence-electron chi connectivity index (χ4n) is 2.03. The first-order chi connectivity index (χ1) is 7.74. The van der Waals surface area contributed by atoms with Crippen LogP contribution < -0.4 is 10.6 Å². The number of ether oxygens (including phenoxy) is 1. The number of rotatable bonds is 3. The molecule has 2 rings (SSSR count). The predicted molar refractivity (Wildman–Crippen MR) is 63.6 cm³/mol. The van der Waals surface area contributed by atoms with Crippen molar-refractivity contribution in [3.63, 3.8) is 0 Å². The molecule has 1 aliphatic heterocycles. The number of nitrogens with zero attached hydrogens (tertiary/aromatic N) is 3. The Morgan fingerprint density at radius 2 is 2.44 bits per heavy atom. The molecular weight excluding hydrogens is 204 g/mol. The van der Waals surface area contributed by atoms with E-state index in [1.807, 2.05) is 7.05 Å². The van der Waals surface area contributed by atoms with Gasteiger partial charge < -0.3 is 19.9 Å². The predicted octanol–water partition coefficient (Wildman–Crippen LogP) is 0.146. The summed E-state index contributed by atoms with van der Waals surface area (Å²) in [5.74, 6) is 1.03. The van der Waals surface area contributed by atoms with E-state index in [4.69, 9.17) is 10.5 Å². The number of anilines is 1. The van der Waals surface area contributed by atoms with Crippen LogP contribution in [-0.2, 0) is 18.2 Å². The van der Waals surface area contributed by atoms with Gasteiger partial charge in [0.05, 0.1) is 18.4 Å². The molecule has 1 aromatic heterocycles. The zero-order valence-corrected chi connectivity index (χ0v) is 10.0. The van der Waals surface area contributed by atoms with Crippen LogP contribution in [0, 0.1) is 0 Å². The van der Waals surface area contributed by atoms with Crippen LogP contribution in [0.2, 0.25) is 0 Å². The molecule has 1 aliphatic rings. The van der Waals surface area contributed by atoms with E-state index in [1.54, 1.807) is 0 Å². The molecule has 0 radical (unpaired) electrons. The summed E-state index contributed by atoms with van der Waals surface area (Å²) in [6.07, 6.45) is 3.19. The summed E-state index contributed by atoms with van der Waals surface area (Å²) in [7, 11) is 2.04. The fraction of sp³-hybridized carbons (Fsp3) is 0.727. The second kappa shape index (κ2) is 4.84. The normalized spacial score (nSPS) is 21.4. The summed E-state index contributed by atoms with van der Waals surface area (Å²) in [6, 6.07) is 0. The average molecular weight is 224 g/mol. The Hall–Kier alpha value is -1.07. The Morgan fingerprint density at radius 3 is 3.06 bits per heavy atom. The summed E-state index contributed by atoms with van der Waals surface area (Å²) in [6.45, 7) is 5.15. The van der Waals surface area contributed by atoms with E-state index in [1.165, 1.54) is 0 Å². The quantitative estimate of drug-likeness (QED) is 0.794. The summed E-state index contributed by atoms with van der Waals surface area (Å²) in [4.78, 5) is 6.86. The van der Waals surface area contributed by atoms with Gasteiger partial charge in [-0.05, 0) is 6.42 Å². The van der Waals surface area contributed by atoms with Crippen molar-refractivity contribution >= 4 is 5.95 Å². The molecule has 1 aromatic rings. The van der Waals surface area contributed by atoms with Crippen LogP contribution >= 0.6 is 0 Å². The van der Waals surface area contributed by atoms with Crippen molar-refractivity contribution in [2.24, 2.45) is 12.8 Å². The highest BCUT2D eigenvalue weighted by Crippen LogP contribution is 2.16. The third-order valence-corrected chi connectivity index (χ3v) is 2.95. The Bertz CT molecular complexity index is 350. The lowest BCUT2D eigenvalue weighted by Gasteiger charge is -2.32. The molecule has 0 bridgehead atoms. The standard InChI is InChI=1S/C11H20N4O/c1-3-9-7-14(2)11(13-9)15-4-5-16-10(6-12)8-15/h7,10H,3-6,8,12H2,1-2H3. The van der Waals surface area contributed by atoms with E-state index in [2.05, 4.69) is 27.6 Å². The van der Waals surface area contributed by atoms with E-state index < -0.39 is 0 Å². The Kier molecular flexibility index (Phi) is 3.46. The number of aromatic nitrogens is 2. The lowest BCUT2D eigenvalue weighted by Crippen LogP contribution is -2.46. The first kappa shape index (κ1) is 11.4. The minimum atomic E-state index is 0.135. The van der Waals surface area contributed by atoms with Crippen LogP contribution in [-0.4, -0.2) is 41.9 Å². The van der Waals surface area contributed by atoms with Gasteiger partial charge in [0.2, 0.25) is 5.95 Å². The maximum atomic E-state index is 5.63. The molecule has 5 heteroatoms. The number of morpholine rings is 1. The number of hydrogen-bond acceptors (Lipinski definition) is 4. The van der Waals surface area contributed by atoms with Gasteiger partial charge in [-0.2, -0.15) is 0 Å². The van der Waals surface area contributed by atoms with Gasteiger partial charge >= 0.3 is 0 Å². The highest BCUT2D eigenvalue weighted by molar-refractivity contribution is 5.34. The van der Waals surface area contributed by atoms with Crippen LogP contribution in [0.1, 0.15) is 12.6 Å². The molecule has 90 valence electrons. The van der Waals surface area contributed by atoms with Gasteiger partial charge in [-0.25, -0.2) is 4.98 Å². The minimum Gasteiger partial charge on any atom is -0.373 e. The van der Waals surface area contributed by atoms with E-state index in [9.17, 15) is 0 Å². The van der Waals surface area contributed by atoms with Crippen LogP contribution in [0.3, 0.4) is 0 Å². The molecule has 0 spiro atoms. The highest BCUT2D eigenvalue weighted by Gasteiger charge is 2.22. The molecule has 0 aromatic carbocycles. The first-order valence-corrected chi connectivity index (χ1v) is 5.83. The van der Waals surface area contributed by atoms with Gasteiger partial charge in [-0.15, -0.1) is 0 Å². The summed E-state index contributed by atoms with van der Waals surface area (Å²) >= 11 is 0. The lowest BCUT2D eigenvalue weighted by molar-refractivity contribution is 0.0458. The molecular formula is C11H20N4O. The molecule has 5 nitrogen and oxygen atoms in total. The monoisotopic (exact) mass is 224 g/mol. The van der Waals surface area contributed by atoms with Gasteiger partial charge in [-0.3, -0.25) is 0 Å². The smallest absolute Gasteiger partial charge is 0.205 e. The maximum absolute atomic E-state index is 5.63. The van der Waals surface area contributed by atoms with E-state index in [0.29, 0.717) is 6.54 Å². The topological polar surface area (TPSA) is 56.3 Å². The third-order valence-electron chi connectivity index (χ3n) is 2.95. The van der Waals surface area contributed by atoms with Crippen molar-refractivity contribution in [1.29, 1.82) is 0 Å². The van der Waals surface area contributed by atoms with Crippen molar-refractivity contribution in [2.75, 3.05) is 31.1 Å². The fourth-order valence-corrected chi connectivity index (χ4v) is 2.03. The Morgan fingerprint density at radius 1 is 1.62 bits per heavy atom. The van der Waals surface area contributed by atoms with Gasteiger partial charge in [0.15, 0.2) is 0 Å². The molecule has 1 atom stereocenters. The van der Waals surface area contributed by atoms with Crippen molar-refractivity contribution in [3.05, 3.63) is 11.9 Å². The van der Waals surface area contributed by atoms with Crippen LogP contribution in [0.4, 0.5) is 5.95 Å². The van der Waals surface area contributed by atoms with E-state index >= 15 is 0 Å². The molecule has 1 unspecified atom stereocenters. The number of aryl methyl sites for hydroxylation is 2. The molecule has 1 fully saturated rings. The second-order valence-electron chi connectivity index (χ2n) is 4.17. The minimum absolute atomic E-state index is 0.135. The molecule has 2 N–H and O–H groups in total. The summed E-state index contributed by atoms with van der Waals surface area (Å²) in [5, 5.41) is 0. The van der Waals surface area contributed by atoms with Gasteiger partial charge in [0.1, 0.15) is 0 Å². The Balaban J connectivity index is 2.13. The Labute approximate surface area is 96.2 Å². The molecule has 0 amide bonds. The summed E-state index contributed by atoms with van der Waals surface area (Å²) < 4.78 is 7.63. The number of nitrogens with two attached hydrogens (primary N) is 1. The molecule has 0 aliphatic carbocycles. The van der Waals surface area contributed by atoms with Crippen molar-refractivity contribution in [1.82, 2.24) is 9.55 Å². The SMILES string of the molecule is CCc1cn(C)c(N2CCOC(CN)C2)n1. The molecule has 2 heterocycles. The first-order valence-electron chi connectivity index (χ1n) is 5.83. The lowest BCUT2D eigenvalue weighted by atomic mass is 10.3. The van der Waals surface area contributed by atoms with E-state index in [0.717, 1.165) is 37.8 Å². The van der Waals surface area contributed by atoms with Crippen molar-refractivity contribution < 1.29 is 4.74 Å². The largest absolute Gasteiger partial charge is 0.373 e. The summed E-state index contributed by atoms with van der Waals surface area (Å²) in [5.41, 5.74) is 6.77. The average Bonchev–Trinajstić information content (AvgIpc) is 2.71. The maximum Gasteiger partial charge on any atom is 0.205 e. The molecule has 0 saturated carbocycles. The second-order valence-corrected chi connectivity index (χ2v) is 4.17. The van der Waals surface area contributed by atoms with Crippen molar-refractivity contribution in [3.8, 4) is 0 Å². The van der Waals surface area contributed by atoms with Crippen LogP contribution in [0.25, 0.3) is 0 Å². The van der Waals surface area contributed by atoms with Crippen LogP contribution in [0.15, 0.2) is 6.20 Å². The van der Waals surface area contributed by atoms with Gasteiger partial charge in [0, 0.05) is 32.9 Å². The van der Waals surface area contributed by atoms with Crippen LogP contribution in [0.5, 0.6) is 0 Å². The zero-order chi connectivity index (χ0) is 11.5. The van der Waals surface area contributed by atoms with Gasteiger partial charge in [-0.1, -0.05) is 6.92 Å². The third kappa shape index (κ3) is 2.20. The molecule has 16 heavy (non-hydrogen) atoms. The van der Waals surface area contributed by atoms with Gasteiger partial charge in [0.25, 0.3) is 0 Å². The molecule has 1 saturated heterocycles.